The van der Waals surface area contributed by atoms with Crippen LogP contribution in [0.25, 0.3) is 20.8 Å². The van der Waals surface area contributed by atoms with Gasteiger partial charge in [-0.3, -0.25) is 0 Å². The first-order valence-electron chi connectivity index (χ1n) is 5.87. The van der Waals surface area contributed by atoms with Crippen molar-refractivity contribution in [2.75, 3.05) is 5.73 Å². The number of hydrogen-bond donors (Lipinski definition) is 1. The van der Waals surface area contributed by atoms with Crippen LogP contribution < -0.4 is 5.73 Å². The molecule has 1 aromatic heterocycles. The number of anilines is 1. The fourth-order valence-corrected chi connectivity index (χ4v) is 3.12. The molecule has 0 bridgehead atoms. The molecule has 0 aliphatic rings. The molecule has 0 spiro atoms. The number of hydrogen-bond acceptors (Lipinski definition) is 3. The highest BCUT2D eigenvalue weighted by Crippen LogP contribution is 2.32. The van der Waals surface area contributed by atoms with Crippen molar-refractivity contribution < 1.29 is 0 Å². The summed E-state index contributed by atoms with van der Waals surface area (Å²) in [5.41, 5.74) is 11.2. The Bertz CT molecular complexity index is 728. The zero-order valence-electron chi connectivity index (χ0n) is 10.4. The van der Waals surface area contributed by atoms with Crippen LogP contribution in [0.15, 0.2) is 36.4 Å². The first kappa shape index (κ1) is 11.2. The van der Waals surface area contributed by atoms with Crippen molar-refractivity contribution in [1.29, 1.82) is 0 Å². The lowest BCUT2D eigenvalue weighted by molar-refractivity contribution is 1.40. The number of aryl methyl sites for hydroxylation is 2. The Labute approximate surface area is 110 Å². The van der Waals surface area contributed by atoms with Crippen molar-refractivity contribution in [2.24, 2.45) is 0 Å². The van der Waals surface area contributed by atoms with Gasteiger partial charge < -0.3 is 5.73 Å². The summed E-state index contributed by atoms with van der Waals surface area (Å²) < 4.78 is 1.23. The maximum absolute atomic E-state index is 5.78. The molecule has 2 N–H and O–H groups in total. The van der Waals surface area contributed by atoms with Crippen molar-refractivity contribution >= 4 is 27.2 Å². The van der Waals surface area contributed by atoms with Gasteiger partial charge in [0.1, 0.15) is 5.01 Å². The van der Waals surface area contributed by atoms with Gasteiger partial charge >= 0.3 is 0 Å². The molecule has 0 atom stereocenters. The molecule has 0 saturated carbocycles. The quantitative estimate of drug-likeness (QED) is 0.662. The molecule has 2 nitrogen and oxygen atoms in total. The van der Waals surface area contributed by atoms with Crippen molar-refractivity contribution in [2.45, 2.75) is 13.8 Å². The van der Waals surface area contributed by atoms with Gasteiger partial charge in [-0.05, 0) is 55.3 Å². The molecule has 1 heterocycles. The Balaban J connectivity index is 2.19. The minimum absolute atomic E-state index is 0.799. The van der Waals surface area contributed by atoms with Crippen molar-refractivity contribution in [3.05, 3.63) is 47.5 Å². The Morgan fingerprint density at radius 2 is 1.89 bits per heavy atom. The predicted molar refractivity (Wildman–Crippen MR) is 78.9 cm³/mol. The SMILES string of the molecule is Cc1ccc2sc(-c3ccc(N)cc3C)nc2c1. The second-order valence-corrected chi connectivity index (χ2v) is 5.60. The Kier molecular flexibility index (Phi) is 2.56. The number of rotatable bonds is 1. The van der Waals surface area contributed by atoms with Crippen molar-refractivity contribution in [3.8, 4) is 10.6 Å². The van der Waals surface area contributed by atoms with E-state index in [1.165, 1.54) is 21.4 Å². The van der Waals surface area contributed by atoms with E-state index in [0.717, 1.165) is 16.2 Å². The van der Waals surface area contributed by atoms with Crippen LogP contribution in [0.2, 0.25) is 0 Å². The largest absolute Gasteiger partial charge is 0.399 e. The molecule has 0 saturated heterocycles. The highest BCUT2D eigenvalue weighted by Gasteiger charge is 2.08. The van der Waals surface area contributed by atoms with E-state index in [4.69, 9.17) is 10.7 Å². The van der Waals surface area contributed by atoms with Gasteiger partial charge in [0.25, 0.3) is 0 Å². The third kappa shape index (κ3) is 1.87. The zero-order valence-corrected chi connectivity index (χ0v) is 11.2. The van der Waals surface area contributed by atoms with Crippen LogP contribution in [0.5, 0.6) is 0 Å². The molecule has 0 aliphatic carbocycles. The lowest BCUT2D eigenvalue weighted by atomic mass is 10.1. The molecule has 3 heteroatoms. The van der Waals surface area contributed by atoms with Gasteiger partial charge in [-0.25, -0.2) is 4.98 Å². The summed E-state index contributed by atoms with van der Waals surface area (Å²) in [6.45, 7) is 4.16. The molecule has 0 unspecified atom stereocenters. The average molecular weight is 254 g/mol. The maximum Gasteiger partial charge on any atom is 0.124 e. The number of nitrogen functional groups attached to an aromatic ring is 1. The molecule has 2 aromatic carbocycles. The summed E-state index contributed by atoms with van der Waals surface area (Å²) in [5.74, 6) is 0. The summed E-state index contributed by atoms with van der Waals surface area (Å²) in [5, 5.41) is 1.06. The molecule has 0 fully saturated rings. The van der Waals surface area contributed by atoms with E-state index in [9.17, 15) is 0 Å². The van der Waals surface area contributed by atoms with E-state index in [1.54, 1.807) is 11.3 Å². The monoisotopic (exact) mass is 254 g/mol. The highest BCUT2D eigenvalue weighted by atomic mass is 32.1. The summed E-state index contributed by atoms with van der Waals surface area (Å²) in [7, 11) is 0. The molecule has 18 heavy (non-hydrogen) atoms. The summed E-state index contributed by atoms with van der Waals surface area (Å²) >= 11 is 1.73. The maximum atomic E-state index is 5.78. The minimum Gasteiger partial charge on any atom is -0.399 e. The number of aromatic nitrogens is 1. The van der Waals surface area contributed by atoms with Crippen LogP contribution >= 0.6 is 11.3 Å². The lowest BCUT2D eigenvalue weighted by Gasteiger charge is -2.02. The first-order valence-corrected chi connectivity index (χ1v) is 6.69. The molecule has 90 valence electrons. The van der Waals surface area contributed by atoms with Crippen LogP contribution in [0, 0.1) is 13.8 Å². The molecular weight excluding hydrogens is 240 g/mol. The predicted octanol–water partition coefficient (Wildman–Crippen LogP) is 4.16. The van der Waals surface area contributed by atoms with Crippen LogP contribution in [0.1, 0.15) is 11.1 Å². The van der Waals surface area contributed by atoms with E-state index in [0.29, 0.717) is 0 Å². The second-order valence-electron chi connectivity index (χ2n) is 4.56. The average Bonchev–Trinajstić information content (AvgIpc) is 2.71. The summed E-state index contributed by atoms with van der Waals surface area (Å²) in [6, 6.07) is 12.4. The van der Waals surface area contributed by atoms with E-state index >= 15 is 0 Å². The van der Waals surface area contributed by atoms with Crippen LogP contribution in [0.4, 0.5) is 5.69 Å². The highest BCUT2D eigenvalue weighted by molar-refractivity contribution is 7.21. The van der Waals surface area contributed by atoms with Gasteiger partial charge in [-0.15, -0.1) is 11.3 Å². The Morgan fingerprint density at radius 1 is 1.06 bits per heavy atom. The van der Waals surface area contributed by atoms with Gasteiger partial charge in [0.05, 0.1) is 10.2 Å². The Morgan fingerprint density at radius 3 is 2.67 bits per heavy atom. The normalized spacial score (nSPS) is 11.0. The molecular formula is C15H14N2S. The standard InChI is InChI=1S/C15H14N2S/c1-9-3-6-14-13(7-9)17-15(18-14)12-5-4-11(16)8-10(12)2/h3-8H,16H2,1-2H3. The van der Waals surface area contributed by atoms with Crippen LogP contribution in [-0.4, -0.2) is 4.98 Å². The number of nitrogens with zero attached hydrogens (tertiary/aromatic N) is 1. The smallest absolute Gasteiger partial charge is 0.124 e. The summed E-state index contributed by atoms with van der Waals surface area (Å²) in [6.07, 6.45) is 0. The summed E-state index contributed by atoms with van der Waals surface area (Å²) in [4.78, 5) is 4.71. The number of nitrogens with two attached hydrogens (primary N) is 1. The third-order valence-electron chi connectivity index (χ3n) is 3.02. The Hall–Kier alpha value is -1.87. The lowest BCUT2D eigenvalue weighted by Crippen LogP contribution is -1.87. The van der Waals surface area contributed by atoms with E-state index in [1.807, 2.05) is 12.1 Å². The molecule has 3 aromatic rings. The molecule has 3 rings (SSSR count). The van der Waals surface area contributed by atoms with E-state index in [-0.39, 0.29) is 0 Å². The van der Waals surface area contributed by atoms with E-state index < -0.39 is 0 Å². The fourth-order valence-electron chi connectivity index (χ4n) is 2.08. The minimum atomic E-state index is 0.799. The van der Waals surface area contributed by atoms with Crippen LogP contribution in [0.3, 0.4) is 0 Å². The van der Waals surface area contributed by atoms with E-state index in [2.05, 4.69) is 38.1 Å². The zero-order chi connectivity index (χ0) is 12.7. The van der Waals surface area contributed by atoms with Gasteiger partial charge in [-0.1, -0.05) is 6.07 Å². The van der Waals surface area contributed by atoms with Gasteiger partial charge in [0.2, 0.25) is 0 Å². The van der Waals surface area contributed by atoms with Crippen molar-refractivity contribution in [3.63, 3.8) is 0 Å². The molecule has 0 aliphatic heterocycles. The van der Waals surface area contributed by atoms with Crippen molar-refractivity contribution in [1.82, 2.24) is 4.98 Å². The number of thiazole rings is 1. The van der Waals surface area contributed by atoms with Gasteiger partial charge in [0.15, 0.2) is 0 Å². The molecule has 0 amide bonds. The number of benzene rings is 2. The van der Waals surface area contributed by atoms with Crippen LogP contribution in [-0.2, 0) is 0 Å². The van der Waals surface area contributed by atoms with Gasteiger partial charge in [-0.2, -0.15) is 0 Å². The third-order valence-corrected chi connectivity index (χ3v) is 4.09. The fraction of sp³-hybridized carbons (Fsp3) is 0.133. The number of fused-ring (bicyclic) bond motifs is 1. The van der Waals surface area contributed by atoms with Gasteiger partial charge in [0, 0.05) is 11.3 Å². The molecule has 0 radical (unpaired) electrons. The topological polar surface area (TPSA) is 38.9 Å². The second kappa shape index (κ2) is 4.10. The first-order chi connectivity index (χ1) is 8.63.